The summed E-state index contributed by atoms with van der Waals surface area (Å²) in [6, 6.07) is 23.7. The number of rotatable bonds is 6. The molecular weight excluding hydrogens is 467 g/mol. The van der Waals surface area contributed by atoms with Crippen molar-refractivity contribution >= 4 is 11.8 Å². The van der Waals surface area contributed by atoms with E-state index in [-0.39, 0.29) is 11.8 Å². The highest BCUT2D eigenvalue weighted by molar-refractivity contribution is 5.97. The molecule has 4 aliphatic rings. The quantitative estimate of drug-likeness (QED) is 0.525. The van der Waals surface area contributed by atoms with Crippen LogP contribution in [-0.4, -0.2) is 40.1 Å². The molecule has 0 saturated heterocycles. The molecule has 3 fully saturated rings. The van der Waals surface area contributed by atoms with Crippen LogP contribution in [0.5, 0.6) is 0 Å². The van der Waals surface area contributed by atoms with Crippen LogP contribution in [0.3, 0.4) is 0 Å². The third-order valence-corrected chi connectivity index (χ3v) is 8.63. The van der Waals surface area contributed by atoms with Crippen molar-refractivity contribution in [3.05, 3.63) is 107 Å². The third kappa shape index (κ3) is 3.77. The molecule has 6 heteroatoms. The molecule has 3 aromatic carbocycles. The molecule has 2 amide bonds. The number of aliphatic hydroxyl groups is 1. The van der Waals surface area contributed by atoms with Gasteiger partial charge in [0, 0.05) is 18.7 Å². The van der Waals surface area contributed by atoms with Gasteiger partial charge in [-0.15, -0.1) is 0 Å². The van der Waals surface area contributed by atoms with Gasteiger partial charge in [-0.05, 0) is 60.9 Å². The van der Waals surface area contributed by atoms with E-state index in [1.54, 1.807) is 17.9 Å². The number of hydrogen-bond acceptors (Lipinski definition) is 3. The van der Waals surface area contributed by atoms with Gasteiger partial charge in [0.2, 0.25) is 5.91 Å². The summed E-state index contributed by atoms with van der Waals surface area (Å²) in [7, 11) is 0. The number of amides is 2. The van der Waals surface area contributed by atoms with Gasteiger partial charge in [0.1, 0.15) is 11.3 Å². The number of alkyl halides is 1. The van der Waals surface area contributed by atoms with Crippen molar-refractivity contribution in [2.24, 2.45) is 5.41 Å². The third-order valence-electron chi connectivity index (χ3n) is 8.63. The Bertz CT molecular complexity index is 1300. The minimum Gasteiger partial charge on any atom is -0.378 e. The Labute approximate surface area is 216 Å². The maximum absolute atomic E-state index is 14.1. The van der Waals surface area contributed by atoms with E-state index in [0.717, 1.165) is 11.1 Å². The summed E-state index contributed by atoms with van der Waals surface area (Å²) < 4.78 is 14.1. The second-order valence-corrected chi connectivity index (χ2v) is 11.1. The number of nitrogens with one attached hydrogen (secondary N) is 1. The lowest BCUT2D eigenvalue weighted by Gasteiger charge is -2.65. The van der Waals surface area contributed by atoms with Crippen LogP contribution in [0.1, 0.15) is 58.8 Å². The van der Waals surface area contributed by atoms with Gasteiger partial charge in [-0.1, -0.05) is 72.8 Å². The summed E-state index contributed by atoms with van der Waals surface area (Å²) in [5.74, 6) is -0.277. The van der Waals surface area contributed by atoms with E-state index in [1.807, 2.05) is 72.8 Å². The second-order valence-electron chi connectivity index (χ2n) is 11.1. The maximum atomic E-state index is 14.1. The summed E-state index contributed by atoms with van der Waals surface area (Å²) in [6.45, 7) is 2.73. The first-order valence-electron chi connectivity index (χ1n) is 13.0. The van der Waals surface area contributed by atoms with E-state index in [4.69, 9.17) is 0 Å². The zero-order chi connectivity index (χ0) is 25.8. The number of nitrogens with zero attached hydrogens (tertiary/aromatic N) is 1. The van der Waals surface area contributed by atoms with Gasteiger partial charge in [-0.25, -0.2) is 4.39 Å². The molecule has 0 unspecified atom stereocenters. The second kappa shape index (κ2) is 8.52. The average Bonchev–Trinajstić information content (AvgIpc) is 2.90. The van der Waals surface area contributed by atoms with Crippen molar-refractivity contribution in [1.29, 1.82) is 0 Å². The van der Waals surface area contributed by atoms with Crippen LogP contribution in [0.15, 0.2) is 78.9 Å². The van der Waals surface area contributed by atoms with Gasteiger partial charge in [0.05, 0.1) is 11.5 Å². The number of fused-ring (bicyclic) bond motifs is 1. The fraction of sp³-hybridized carbons (Fsp3) is 0.355. The number of carbonyl (C=O) groups excluding carboxylic acids is 2. The first-order chi connectivity index (χ1) is 17.7. The Kier molecular flexibility index (Phi) is 5.50. The summed E-state index contributed by atoms with van der Waals surface area (Å²) in [5, 5.41) is 15.1. The molecule has 5 nitrogen and oxygen atoms in total. The minimum absolute atomic E-state index is 0.0174. The molecule has 190 valence electrons. The molecule has 0 spiro atoms. The highest BCUT2D eigenvalue weighted by Gasteiger charge is 2.73. The largest absolute Gasteiger partial charge is 0.378 e. The number of hydrogen-bond donors (Lipinski definition) is 2. The lowest BCUT2D eigenvalue weighted by molar-refractivity contribution is -0.222. The van der Waals surface area contributed by atoms with Crippen molar-refractivity contribution in [2.75, 3.05) is 6.54 Å². The molecule has 0 radical (unpaired) electrons. The number of halogens is 1. The van der Waals surface area contributed by atoms with Crippen LogP contribution in [0.4, 0.5) is 4.39 Å². The fourth-order valence-corrected chi connectivity index (χ4v) is 6.62. The predicted molar refractivity (Wildman–Crippen MR) is 138 cm³/mol. The molecule has 3 aliphatic carbocycles. The van der Waals surface area contributed by atoms with Crippen LogP contribution in [0.25, 0.3) is 0 Å². The van der Waals surface area contributed by atoms with E-state index in [2.05, 4.69) is 5.32 Å². The molecule has 37 heavy (non-hydrogen) atoms. The van der Waals surface area contributed by atoms with Crippen LogP contribution in [0.2, 0.25) is 0 Å². The van der Waals surface area contributed by atoms with Crippen molar-refractivity contribution in [2.45, 2.75) is 56.5 Å². The maximum Gasteiger partial charge on any atom is 0.251 e. The zero-order valence-electron chi connectivity index (χ0n) is 20.9. The highest BCUT2D eigenvalue weighted by Crippen LogP contribution is 2.70. The summed E-state index contributed by atoms with van der Waals surface area (Å²) >= 11 is 0. The van der Waals surface area contributed by atoms with Gasteiger partial charge >= 0.3 is 0 Å². The first kappa shape index (κ1) is 23.9. The lowest BCUT2D eigenvalue weighted by atomic mass is 9.42. The molecule has 7 rings (SSSR count). The van der Waals surface area contributed by atoms with E-state index < -0.39 is 22.7 Å². The van der Waals surface area contributed by atoms with Crippen molar-refractivity contribution in [3.63, 3.8) is 0 Å². The smallest absolute Gasteiger partial charge is 0.251 e. The first-order valence-corrected chi connectivity index (χ1v) is 13.0. The average molecular weight is 499 g/mol. The van der Waals surface area contributed by atoms with E-state index in [9.17, 15) is 19.1 Å². The Hall–Kier alpha value is -3.51. The van der Waals surface area contributed by atoms with Crippen molar-refractivity contribution in [1.82, 2.24) is 10.2 Å². The van der Waals surface area contributed by atoms with E-state index >= 15 is 0 Å². The standard InChI is InChI=1S/C31H31FN2O3/c1-21(31(37,23-10-4-2-5-11-23)24-12-6-3-7-13-24)33-27(35)25-14-8-9-22-15-16-34(17-26(22)25)28(36)29-18-30(32,19-29)20-29/h2-14,21,37H,15-20H2,1H3,(H,33,35)/t21-,29?,30?/m0/s1. The van der Waals surface area contributed by atoms with Gasteiger partial charge in [0.25, 0.3) is 5.91 Å². The molecule has 3 saturated carbocycles. The summed E-state index contributed by atoms with van der Waals surface area (Å²) in [4.78, 5) is 28.7. The van der Waals surface area contributed by atoms with Gasteiger partial charge < -0.3 is 15.3 Å². The Balaban J connectivity index is 1.26. The SMILES string of the molecule is C[C@H](NC(=O)c1cccc2c1CN(C(=O)C13CC(F)(C1)C3)CC2)C(O)(c1ccccc1)c1ccccc1. The van der Waals surface area contributed by atoms with Crippen LogP contribution in [-0.2, 0) is 23.4 Å². The van der Waals surface area contributed by atoms with E-state index in [1.165, 1.54) is 0 Å². The molecular formula is C31H31FN2O3. The van der Waals surface area contributed by atoms with E-state index in [0.29, 0.717) is 55.5 Å². The molecule has 3 aromatic rings. The Morgan fingerprint density at radius 3 is 2.11 bits per heavy atom. The molecule has 2 bridgehead atoms. The van der Waals surface area contributed by atoms with Crippen LogP contribution < -0.4 is 5.32 Å². The van der Waals surface area contributed by atoms with Gasteiger partial charge in [0.15, 0.2) is 0 Å². The number of benzene rings is 3. The topological polar surface area (TPSA) is 69.6 Å². The molecule has 1 heterocycles. The predicted octanol–water partition coefficient (Wildman–Crippen LogP) is 4.52. The molecule has 2 N–H and O–H groups in total. The monoisotopic (exact) mass is 498 g/mol. The Morgan fingerprint density at radius 1 is 0.946 bits per heavy atom. The highest BCUT2D eigenvalue weighted by atomic mass is 19.1. The van der Waals surface area contributed by atoms with Crippen LogP contribution >= 0.6 is 0 Å². The minimum atomic E-state index is -1.44. The molecule has 1 aliphatic heterocycles. The fourth-order valence-electron chi connectivity index (χ4n) is 6.62. The number of carbonyl (C=O) groups is 2. The van der Waals surface area contributed by atoms with Crippen molar-refractivity contribution < 1.29 is 19.1 Å². The normalized spacial score (nSPS) is 24.8. The Morgan fingerprint density at radius 2 is 1.54 bits per heavy atom. The van der Waals surface area contributed by atoms with Gasteiger partial charge in [-0.3, -0.25) is 9.59 Å². The van der Waals surface area contributed by atoms with Gasteiger partial charge in [-0.2, -0.15) is 0 Å². The zero-order valence-corrected chi connectivity index (χ0v) is 20.9. The van der Waals surface area contributed by atoms with Crippen molar-refractivity contribution in [3.8, 4) is 0 Å². The lowest BCUT2D eigenvalue weighted by Crippen LogP contribution is -2.70. The summed E-state index contributed by atoms with van der Waals surface area (Å²) in [5.41, 5.74) is 0.654. The van der Waals surface area contributed by atoms with Crippen LogP contribution in [0, 0.1) is 5.41 Å². The molecule has 1 atom stereocenters. The summed E-state index contributed by atoms with van der Waals surface area (Å²) in [6.07, 6.45) is 1.66. The molecule has 0 aromatic heterocycles.